The number of hydrogen-bond acceptors (Lipinski definition) is 3. The smallest absolute Gasteiger partial charge is 0.0865 e. The number of ether oxygens (including phenoxy) is 1. The lowest BCUT2D eigenvalue weighted by atomic mass is 9.63. The summed E-state index contributed by atoms with van der Waals surface area (Å²) >= 11 is 0. The van der Waals surface area contributed by atoms with Gasteiger partial charge in [0.05, 0.1) is 17.2 Å². The molecule has 1 atom stereocenters. The second-order valence-corrected chi connectivity index (χ2v) is 14.1. The average molecular weight is 610 g/mol. The average Bonchev–Trinajstić information content (AvgIpc) is 3.02. The molecule has 0 spiro atoms. The van der Waals surface area contributed by atoms with Gasteiger partial charge in [0.2, 0.25) is 0 Å². The van der Waals surface area contributed by atoms with Gasteiger partial charge in [0.25, 0.3) is 0 Å². The summed E-state index contributed by atoms with van der Waals surface area (Å²) < 4.78 is 7.54. The molecule has 0 saturated heterocycles. The molecule has 0 rings (SSSR count). The van der Waals surface area contributed by atoms with Crippen LogP contribution in [-0.2, 0) is 4.74 Å². The zero-order valence-electron chi connectivity index (χ0n) is 31.5. The first-order chi connectivity index (χ1) is 20.8. The van der Waals surface area contributed by atoms with Crippen LogP contribution in [0.2, 0.25) is 0 Å². The molecule has 0 aliphatic rings. The molecular weight excluding hydrogens is 526 g/mol. The van der Waals surface area contributed by atoms with Crippen LogP contribution in [0, 0.1) is 0 Å². The van der Waals surface area contributed by atoms with Crippen molar-refractivity contribution in [3.8, 4) is 0 Å². The number of nitrogens with zero attached hydrogens (tertiary/aromatic N) is 1. The molecule has 0 radical (unpaired) electrons. The molecular formula is C40H83NO2. The SMILES string of the molecule is CCCCOC(CCCC)(CCCC)C(CCCC)(CCCC)N(CCCC)C(CCCC)(CCCC)C(O)CCCC. The Bertz CT molecular complexity index is 581. The molecule has 0 aliphatic carbocycles. The van der Waals surface area contributed by atoms with E-state index in [2.05, 4.69) is 67.2 Å². The van der Waals surface area contributed by atoms with Crippen LogP contribution in [0.25, 0.3) is 0 Å². The van der Waals surface area contributed by atoms with Crippen LogP contribution in [0.3, 0.4) is 0 Å². The Hall–Kier alpha value is -0.120. The Morgan fingerprint density at radius 1 is 0.488 bits per heavy atom. The number of rotatable bonds is 32. The maximum atomic E-state index is 12.6. The first-order valence-electron chi connectivity index (χ1n) is 19.9. The van der Waals surface area contributed by atoms with E-state index in [1.54, 1.807) is 0 Å². The summed E-state index contributed by atoms with van der Waals surface area (Å²) in [5, 5.41) is 12.6. The fourth-order valence-electron chi connectivity index (χ4n) is 7.96. The van der Waals surface area contributed by atoms with Gasteiger partial charge in [0.1, 0.15) is 0 Å². The molecule has 0 aromatic heterocycles. The molecule has 43 heavy (non-hydrogen) atoms. The van der Waals surface area contributed by atoms with E-state index in [1.807, 2.05) is 0 Å². The summed E-state index contributed by atoms with van der Waals surface area (Å²) in [6.07, 6.45) is 29.2. The zero-order chi connectivity index (χ0) is 32.5. The van der Waals surface area contributed by atoms with E-state index in [9.17, 15) is 5.11 Å². The Balaban J connectivity index is 7.96. The van der Waals surface area contributed by atoms with Gasteiger partial charge in [0, 0.05) is 12.1 Å². The molecule has 0 bridgehead atoms. The molecule has 0 aliphatic heterocycles. The van der Waals surface area contributed by atoms with Gasteiger partial charge in [-0.1, -0.05) is 165 Å². The molecule has 1 unspecified atom stereocenters. The first kappa shape index (κ1) is 42.9. The van der Waals surface area contributed by atoms with E-state index >= 15 is 0 Å². The van der Waals surface area contributed by atoms with E-state index in [1.165, 1.54) is 109 Å². The first-order valence-corrected chi connectivity index (χ1v) is 19.9. The fraction of sp³-hybridized carbons (Fsp3) is 1.00. The number of aliphatic hydroxyl groups excluding tert-OH is 1. The molecule has 0 aromatic rings. The van der Waals surface area contributed by atoms with Crippen molar-refractivity contribution in [2.75, 3.05) is 13.2 Å². The third-order valence-corrected chi connectivity index (χ3v) is 10.6. The van der Waals surface area contributed by atoms with E-state index in [0.717, 1.165) is 64.5 Å². The number of hydrogen-bond donors (Lipinski definition) is 1. The summed E-state index contributed by atoms with van der Waals surface area (Å²) in [5.41, 5.74) is -0.406. The highest BCUT2D eigenvalue weighted by Crippen LogP contribution is 2.52. The number of unbranched alkanes of at least 4 members (excludes halogenated alkanes) is 9. The largest absolute Gasteiger partial charge is 0.391 e. The van der Waals surface area contributed by atoms with Gasteiger partial charge in [0.15, 0.2) is 0 Å². The van der Waals surface area contributed by atoms with Crippen molar-refractivity contribution in [3.63, 3.8) is 0 Å². The summed E-state index contributed by atoms with van der Waals surface area (Å²) in [6, 6.07) is 0. The third-order valence-electron chi connectivity index (χ3n) is 10.6. The van der Waals surface area contributed by atoms with Gasteiger partial charge < -0.3 is 9.84 Å². The molecule has 3 nitrogen and oxygen atoms in total. The van der Waals surface area contributed by atoms with E-state index < -0.39 is 0 Å². The highest BCUT2D eigenvalue weighted by Gasteiger charge is 2.59. The molecule has 260 valence electrons. The zero-order valence-corrected chi connectivity index (χ0v) is 31.5. The van der Waals surface area contributed by atoms with E-state index in [-0.39, 0.29) is 22.8 Å². The lowest BCUT2D eigenvalue weighted by molar-refractivity contribution is -0.215. The van der Waals surface area contributed by atoms with E-state index in [0.29, 0.717) is 0 Å². The quantitative estimate of drug-likeness (QED) is 0.0770. The predicted octanol–water partition coefficient (Wildman–Crippen LogP) is 12.8. The maximum absolute atomic E-state index is 12.6. The Morgan fingerprint density at radius 2 is 0.884 bits per heavy atom. The minimum atomic E-state index is -0.282. The molecule has 0 aromatic carbocycles. The second kappa shape index (κ2) is 26.0. The summed E-state index contributed by atoms with van der Waals surface area (Å²) in [6.45, 7) is 23.1. The van der Waals surface area contributed by atoms with Crippen LogP contribution in [0.5, 0.6) is 0 Å². The Morgan fingerprint density at radius 3 is 1.30 bits per heavy atom. The van der Waals surface area contributed by atoms with E-state index in [4.69, 9.17) is 4.74 Å². The van der Waals surface area contributed by atoms with Gasteiger partial charge in [-0.25, -0.2) is 0 Å². The normalized spacial score (nSPS) is 13.7. The maximum Gasteiger partial charge on any atom is 0.0865 e. The Labute approximate surface area is 273 Å². The molecule has 0 amide bonds. The van der Waals surface area contributed by atoms with Crippen LogP contribution in [0.1, 0.15) is 223 Å². The minimum Gasteiger partial charge on any atom is -0.391 e. The number of aliphatic hydroxyl groups is 1. The summed E-state index contributed by atoms with van der Waals surface area (Å²) in [4.78, 5) is 3.07. The minimum absolute atomic E-state index is 0.0546. The van der Waals surface area contributed by atoms with Crippen LogP contribution < -0.4 is 0 Å². The van der Waals surface area contributed by atoms with Crippen molar-refractivity contribution in [2.24, 2.45) is 0 Å². The van der Waals surface area contributed by atoms with Crippen molar-refractivity contribution in [1.82, 2.24) is 4.90 Å². The highest BCUT2D eigenvalue weighted by atomic mass is 16.5. The van der Waals surface area contributed by atoms with Crippen molar-refractivity contribution in [1.29, 1.82) is 0 Å². The summed E-state index contributed by atoms with van der Waals surface area (Å²) in [5.74, 6) is 0. The molecule has 0 fully saturated rings. The topological polar surface area (TPSA) is 32.7 Å². The standard InChI is InChI=1S/C40H83NO2/c1-10-19-28-37(42)38(29-20-11-2,30-21-12-3)41(35-26-17-8)39(31-22-13-4,32-23-14-5)40(33-24-15-6,34-25-16-7)43-36-27-18-9/h37,42H,10-36H2,1-9H3. The van der Waals surface area contributed by atoms with Crippen LogP contribution in [-0.4, -0.2) is 45.9 Å². The van der Waals surface area contributed by atoms with Gasteiger partial charge in [-0.05, 0) is 64.3 Å². The fourth-order valence-corrected chi connectivity index (χ4v) is 7.96. The lowest BCUT2D eigenvalue weighted by Gasteiger charge is -2.64. The van der Waals surface area contributed by atoms with Crippen LogP contribution in [0.15, 0.2) is 0 Å². The summed E-state index contributed by atoms with van der Waals surface area (Å²) in [7, 11) is 0. The van der Waals surface area contributed by atoms with Gasteiger partial charge >= 0.3 is 0 Å². The molecule has 0 saturated carbocycles. The van der Waals surface area contributed by atoms with Crippen molar-refractivity contribution in [2.45, 2.75) is 246 Å². The monoisotopic (exact) mass is 610 g/mol. The molecule has 3 heteroatoms. The Kier molecular flexibility index (Phi) is 25.9. The lowest BCUT2D eigenvalue weighted by Crippen LogP contribution is -2.73. The van der Waals surface area contributed by atoms with Gasteiger partial charge in [-0.3, -0.25) is 4.90 Å². The van der Waals surface area contributed by atoms with Crippen molar-refractivity contribution >= 4 is 0 Å². The predicted molar refractivity (Wildman–Crippen MR) is 193 cm³/mol. The van der Waals surface area contributed by atoms with Crippen molar-refractivity contribution < 1.29 is 9.84 Å². The van der Waals surface area contributed by atoms with Gasteiger partial charge in [-0.15, -0.1) is 0 Å². The van der Waals surface area contributed by atoms with Crippen molar-refractivity contribution in [3.05, 3.63) is 0 Å². The highest BCUT2D eigenvalue weighted by molar-refractivity contribution is 5.14. The molecule has 0 heterocycles. The molecule has 1 N–H and O–H groups in total. The van der Waals surface area contributed by atoms with Crippen LogP contribution in [0.4, 0.5) is 0 Å². The van der Waals surface area contributed by atoms with Crippen LogP contribution >= 0.6 is 0 Å². The van der Waals surface area contributed by atoms with Gasteiger partial charge in [-0.2, -0.15) is 0 Å². The third kappa shape index (κ3) is 13.3. The second-order valence-electron chi connectivity index (χ2n) is 14.1.